The highest BCUT2D eigenvalue weighted by atomic mass is 16.1. The fourth-order valence-corrected chi connectivity index (χ4v) is 3.25. The number of hydrogen-bond acceptors (Lipinski definition) is 6. The van der Waals surface area contributed by atoms with Gasteiger partial charge in [-0.3, -0.25) is 9.78 Å². The molecule has 1 saturated heterocycles. The smallest absolute Gasteiger partial charge is 0.259 e. The van der Waals surface area contributed by atoms with Crippen molar-refractivity contribution in [2.75, 3.05) is 42.1 Å². The van der Waals surface area contributed by atoms with Crippen molar-refractivity contribution in [2.45, 2.75) is 0 Å². The molecule has 4 rings (SSSR count). The number of nitrogens with two attached hydrogens (primary N) is 1. The van der Waals surface area contributed by atoms with Gasteiger partial charge in [0, 0.05) is 61.7 Å². The fourth-order valence-electron chi connectivity index (χ4n) is 3.25. The molecule has 142 valence electrons. The van der Waals surface area contributed by atoms with E-state index in [0.29, 0.717) is 11.3 Å². The minimum absolute atomic E-state index is 0.202. The lowest BCUT2D eigenvalue weighted by atomic mass is 10.0. The molecule has 7 nitrogen and oxygen atoms in total. The molecular formula is C21H22N6O. The van der Waals surface area contributed by atoms with Crippen LogP contribution in [0.4, 0.5) is 17.2 Å². The Balaban J connectivity index is 1.61. The number of nitrogen functional groups attached to an aromatic ring is 1. The fraction of sp³-hybridized carbons (Fsp3) is 0.190. The molecule has 0 bridgehead atoms. The zero-order valence-corrected chi connectivity index (χ0v) is 15.4. The van der Waals surface area contributed by atoms with E-state index in [-0.39, 0.29) is 11.7 Å². The van der Waals surface area contributed by atoms with Crippen molar-refractivity contribution in [3.8, 4) is 11.1 Å². The van der Waals surface area contributed by atoms with Gasteiger partial charge in [0.2, 0.25) is 0 Å². The van der Waals surface area contributed by atoms with Gasteiger partial charge < -0.3 is 21.3 Å². The van der Waals surface area contributed by atoms with Gasteiger partial charge in [0.05, 0.1) is 5.56 Å². The second-order valence-electron chi connectivity index (χ2n) is 6.63. The quantitative estimate of drug-likeness (QED) is 0.649. The van der Waals surface area contributed by atoms with E-state index in [1.807, 2.05) is 12.1 Å². The summed E-state index contributed by atoms with van der Waals surface area (Å²) in [6.07, 6.45) is 4.94. The van der Waals surface area contributed by atoms with Crippen LogP contribution in [-0.4, -0.2) is 42.1 Å². The van der Waals surface area contributed by atoms with E-state index >= 15 is 0 Å². The Morgan fingerprint density at radius 1 is 1.07 bits per heavy atom. The molecule has 1 aliphatic heterocycles. The van der Waals surface area contributed by atoms with E-state index in [1.54, 1.807) is 36.8 Å². The minimum Gasteiger partial charge on any atom is -0.383 e. The van der Waals surface area contributed by atoms with Crippen LogP contribution in [-0.2, 0) is 0 Å². The maximum atomic E-state index is 12.7. The average Bonchev–Trinajstić information content (AvgIpc) is 2.75. The zero-order valence-electron chi connectivity index (χ0n) is 15.4. The van der Waals surface area contributed by atoms with Crippen LogP contribution >= 0.6 is 0 Å². The second-order valence-corrected chi connectivity index (χ2v) is 6.63. The summed E-state index contributed by atoms with van der Waals surface area (Å²) < 4.78 is 0. The number of benzene rings is 1. The molecule has 2 aromatic heterocycles. The van der Waals surface area contributed by atoms with Crippen molar-refractivity contribution in [3.05, 3.63) is 66.6 Å². The van der Waals surface area contributed by atoms with Crippen LogP contribution in [0.3, 0.4) is 0 Å². The molecule has 1 aliphatic rings. The normalized spacial score (nSPS) is 13.9. The van der Waals surface area contributed by atoms with Crippen LogP contribution in [0.2, 0.25) is 0 Å². The summed E-state index contributed by atoms with van der Waals surface area (Å²) in [5.74, 6) is -0.0927. The summed E-state index contributed by atoms with van der Waals surface area (Å²) in [7, 11) is 0. The molecule has 4 N–H and O–H groups in total. The lowest BCUT2D eigenvalue weighted by Crippen LogP contribution is -2.43. The van der Waals surface area contributed by atoms with Crippen molar-refractivity contribution in [2.24, 2.45) is 0 Å². The highest BCUT2D eigenvalue weighted by Gasteiger charge is 2.15. The standard InChI is InChI=1S/C21H22N6O/c22-20-19(21(28)26-17-4-6-23-7-5-17)13-16(14-25-20)15-2-1-3-18(12-15)27-10-8-24-9-11-27/h1-7,12-14,24H,8-11H2,(H2,22,25)(H,23,26,28). The molecule has 3 aromatic rings. The third-order valence-corrected chi connectivity index (χ3v) is 4.76. The number of nitrogens with one attached hydrogen (secondary N) is 2. The third-order valence-electron chi connectivity index (χ3n) is 4.76. The lowest BCUT2D eigenvalue weighted by Gasteiger charge is -2.29. The molecule has 1 amide bonds. The largest absolute Gasteiger partial charge is 0.383 e. The van der Waals surface area contributed by atoms with Gasteiger partial charge in [-0.1, -0.05) is 12.1 Å². The number of pyridine rings is 2. The number of amides is 1. The number of hydrogen-bond donors (Lipinski definition) is 3. The van der Waals surface area contributed by atoms with Gasteiger partial charge in [-0.2, -0.15) is 0 Å². The van der Waals surface area contributed by atoms with Crippen molar-refractivity contribution >= 4 is 23.1 Å². The first-order valence-corrected chi connectivity index (χ1v) is 9.24. The SMILES string of the molecule is Nc1ncc(-c2cccc(N3CCNCC3)c2)cc1C(=O)Nc1ccncc1. The molecule has 0 radical (unpaired) electrons. The summed E-state index contributed by atoms with van der Waals surface area (Å²) in [4.78, 5) is 23.2. The molecule has 3 heterocycles. The van der Waals surface area contributed by atoms with Crippen molar-refractivity contribution < 1.29 is 4.79 Å². The highest BCUT2D eigenvalue weighted by molar-refractivity contribution is 6.07. The molecule has 0 atom stereocenters. The van der Waals surface area contributed by atoms with Crippen LogP contribution in [0.1, 0.15) is 10.4 Å². The van der Waals surface area contributed by atoms with Crippen LogP contribution < -0.4 is 21.3 Å². The second kappa shape index (κ2) is 8.06. The first kappa shape index (κ1) is 17.9. The van der Waals surface area contributed by atoms with Crippen LogP contribution in [0, 0.1) is 0 Å². The molecule has 0 saturated carbocycles. The predicted molar refractivity (Wildman–Crippen MR) is 111 cm³/mol. The van der Waals surface area contributed by atoms with E-state index < -0.39 is 0 Å². The summed E-state index contributed by atoms with van der Waals surface area (Å²) in [5.41, 5.74) is 10.00. The van der Waals surface area contributed by atoms with Crippen LogP contribution in [0.25, 0.3) is 11.1 Å². The Hall–Kier alpha value is -3.45. The van der Waals surface area contributed by atoms with E-state index in [0.717, 1.165) is 37.3 Å². The number of carbonyl (C=O) groups excluding carboxylic acids is 1. The Morgan fingerprint density at radius 3 is 2.64 bits per heavy atom. The first-order chi connectivity index (χ1) is 13.7. The van der Waals surface area contributed by atoms with Gasteiger partial charge in [-0.15, -0.1) is 0 Å². The van der Waals surface area contributed by atoms with Crippen molar-refractivity contribution in [3.63, 3.8) is 0 Å². The van der Waals surface area contributed by atoms with Gasteiger partial charge >= 0.3 is 0 Å². The van der Waals surface area contributed by atoms with Gasteiger partial charge in [0.25, 0.3) is 5.91 Å². The molecule has 1 fully saturated rings. The summed E-state index contributed by atoms with van der Waals surface area (Å²) >= 11 is 0. The topological polar surface area (TPSA) is 96.2 Å². The average molecular weight is 374 g/mol. The molecule has 7 heteroatoms. The molecular weight excluding hydrogens is 352 g/mol. The Labute approximate surface area is 163 Å². The number of anilines is 3. The number of aromatic nitrogens is 2. The van der Waals surface area contributed by atoms with Crippen LogP contribution in [0.15, 0.2) is 61.1 Å². The maximum absolute atomic E-state index is 12.7. The van der Waals surface area contributed by atoms with Gasteiger partial charge in [0.1, 0.15) is 5.82 Å². The Bertz CT molecular complexity index is 970. The lowest BCUT2D eigenvalue weighted by molar-refractivity contribution is 0.102. The summed E-state index contributed by atoms with van der Waals surface area (Å²) in [5, 5.41) is 6.19. The van der Waals surface area contributed by atoms with Crippen LogP contribution in [0.5, 0.6) is 0 Å². The predicted octanol–water partition coefficient (Wildman–Crippen LogP) is 2.39. The van der Waals surface area contributed by atoms with E-state index in [9.17, 15) is 4.79 Å². The summed E-state index contributed by atoms with van der Waals surface area (Å²) in [6.45, 7) is 3.91. The monoisotopic (exact) mass is 374 g/mol. The van der Waals surface area contributed by atoms with Gasteiger partial charge in [-0.05, 0) is 35.9 Å². The first-order valence-electron chi connectivity index (χ1n) is 9.24. The van der Waals surface area contributed by atoms with E-state index in [2.05, 4.69) is 37.6 Å². The van der Waals surface area contributed by atoms with E-state index in [1.165, 1.54) is 5.69 Å². The summed E-state index contributed by atoms with van der Waals surface area (Å²) in [6, 6.07) is 13.5. The number of rotatable bonds is 4. The molecule has 0 spiro atoms. The Kier molecular flexibility index (Phi) is 5.16. The number of nitrogens with zero attached hydrogens (tertiary/aromatic N) is 3. The Morgan fingerprint density at radius 2 is 1.86 bits per heavy atom. The third kappa shape index (κ3) is 3.94. The minimum atomic E-state index is -0.295. The number of carbonyl (C=O) groups is 1. The van der Waals surface area contributed by atoms with Crippen molar-refractivity contribution in [1.29, 1.82) is 0 Å². The van der Waals surface area contributed by atoms with Crippen molar-refractivity contribution in [1.82, 2.24) is 15.3 Å². The molecule has 28 heavy (non-hydrogen) atoms. The number of piperazine rings is 1. The molecule has 0 unspecified atom stereocenters. The zero-order chi connectivity index (χ0) is 19.3. The van der Waals surface area contributed by atoms with E-state index in [4.69, 9.17) is 5.73 Å². The maximum Gasteiger partial charge on any atom is 0.259 e. The highest BCUT2D eigenvalue weighted by Crippen LogP contribution is 2.27. The van der Waals surface area contributed by atoms with Gasteiger partial charge in [0.15, 0.2) is 0 Å². The molecule has 0 aliphatic carbocycles. The molecule has 1 aromatic carbocycles. The van der Waals surface area contributed by atoms with Gasteiger partial charge in [-0.25, -0.2) is 4.98 Å².